The summed E-state index contributed by atoms with van der Waals surface area (Å²) >= 11 is 0. The second kappa shape index (κ2) is 6.09. The summed E-state index contributed by atoms with van der Waals surface area (Å²) in [5.74, 6) is -1.21. The van der Waals surface area contributed by atoms with Crippen molar-refractivity contribution in [2.45, 2.75) is 6.10 Å². The van der Waals surface area contributed by atoms with Gasteiger partial charge in [-0.25, -0.2) is 4.79 Å². The number of aliphatic carboxylic acids is 1. The molecular weight excluding hydrogens is 300 g/mol. The molecule has 0 saturated carbocycles. The molecule has 1 fully saturated rings. The first kappa shape index (κ1) is 15.0. The lowest BCUT2D eigenvalue weighted by atomic mass is 10.0. The van der Waals surface area contributed by atoms with E-state index in [-0.39, 0.29) is 30.6 Å². The number of nitrogens with zero attached hydrogens (tertiary/aromatic N) is 2. The number of nitrogen functional groups attached to an aromatic ring is 1. The van der Waals surface area contributed by atoms with Gasteiger partial charge in [0, 0.05) is 6.54 Å². The molecule has 3 rings (SSSR count). The zero-order valence-corrected chi connectivity index (χ0v) is 12.2. The monoisotopic (exact) mass is 316 g/mol. The van der Waals surface area contributed by atoms with E-state index >= 15 is 0 Å². The van der Waals surface area contributed by atoms with Gasteiger partial charge in [0.15, 0.2) is 11.9 Å². The smallest absolute Gasteiger partial charge is 0.334 e. The Labute approximate surface area is 131 Å². The Morgan fingerprint density at radius 3 is 2.78 bits per heavy atom. The number of carbonyl (C=O) groups excluding carboxylic acids is 1. The summed E-state index contributed by atoms with van der Waals surface area (Å²) in [6.45, 7) is 0.476. The van der Waals surface area contributed by atoms with Crippen molar-refractivity contribution in [3.8, 4) is 11.1 Å². The zero-order valence-electron chi connectivity index (χ0n) is 12.2. The normalized spacial score (nSPS) is 17.9. The SMILES string of the molecule is Nc1n[nH]c(C(=O)N2CCOC(C(=O)O)C2)c1-c1ccccc1. The van der Waals surface area contributed by atoms with Crippen LogP contribution in [0.5, 0.6) is 0 Å². The van der Waals surface area contributed by atoms with E-state index in [0.29, 0.717) is 12.1 Å². The average molecular weight is 316 g/mol. The van der Waals surface area contributed by atoms with Crippen LogP contribution in [0.15, 0.2) is 30.3 Å². The van der Waals surface area contributed by atoms with E-state index in [0.717, 1.165) is 5.56 Å². The standard InChI is InChI=1S/C15H16N4O4/c16-13-11(9-4-2-1-3-5-9)12(17-18-13)14(20)19-6-7-23-10(8-19)15(21)22/h1-5,10H,6-8H2,(H,21,22)(H3,16,17,18). The molecule has 2 heterocycles. The maximum atomic E-state index is 12.7. The van der Waals surface area contributed by atoms with Crippen molar-refractivity contribution in [3.05, 3.63) is 36.0 Å². The molecule has 8 heteroatoms. The number of anilines is 1. The van der Waals surface area contributed by atoms with Crippen molar-refractivity contribution in [1.82, 2.24) is 15.1 Å². The Kier molecular flexibility index (Phi) is 3.98. The summed E-state index contributed by atoms with van der Waals surface area (Å²) < 4.78 is 5.13. The Bertz CT molecular complexity index is 728. The molecule has 1 atom stereocenters. The number of amides is 1. The summed E-state index contributed by atoms with van der Waals surface area (Å²) in [5, 5.41) is 15.6. The van der Waals surface area contributed by atoms with Gasteiger partial charge in [-0.05, 0) is 5.56 Å². The van der Waals surface area contributed by atoms with Crippen molar-refractivity contribution >= 4 is 17.7 Å². The Balaban J connectivity index is 1.90. The molecule has 0 bridgehead atoms. The molecule has 23 heavy (non-hydrogen) atoms. The van der Waals surface area contributed by atoms with Crippen LogP contribution in [0.3, 0.4) is 0 Å². The van der Waals surface area contributed by atoms with E-state index in [4.69, 9.17) is 15.6 Å². The van der Waals surface area contributed by atoms with Crippen molar-refractivity contribution in [2.24, 2.45) is 0 Å². The van der Waals surface area contributed by atoms with Gasteiger partial charge in [0.2, 0.25) is 0 Å². The highest BCUT2D eigenvalue weighted by Crippen LogP contribution is 2.28. The average Bonchev–Trinajstić information content (AvgIpc) is 2.96. The van der Waals surface area contributed by atoms with E-state index in [1.807, 2.05) is 30.3 Å². The first-order valence-electron chi connectivity index (χ1n) is 7.11. The minimum atomic E-state index is -1.09. The van der Waals surface area contributed by atoms with Crippen LogP contribution in [0.2, 0.25) is 0 Å². The Morgan fingerprint density at radius 1 is 1.35 bits per heavy atom. The van der Waals surface area contributed by atoms with Gasteiger partial charge in [0.1, 0.15) is 5.69 Å². The third-order valence-electron chi connectivity index (χ3n) is 3.70. The number of ether oxygens (including phenoxy) is 1. The van der Waals surface area contributed by atoms with Crippen LogP contribution in [0.1, 0.15) is 10.5 Å². The number of rotatable bonds is 3. The molecule has 1 aliphatic heterocycles. The highest BCUT2D eigenvalue weighted by atomic mass is 16.5. The zero-order chi connectivity index (χ0) is 16.4. The number of aromatic nitrogens is 2. The molecule has 0 aliphatic carbocycles. The van der Waals surface area contributed by atoms with Gasteiger partial charge in [-0.3, -0.25) is 9.89 Å². The number of aromatic amines is 1. The van der Waals surface area contributed by atoms with Crippen LogP contribution in [-0.2, 0) is 9.53 Å². The van der Waals surface area contributed by atoms with Crippen LogP contribution >= 0.6 is 0 Å². The Hall–Kier alpha value is -2.87. The molecule has 8 nitrogen and oxygen atoms in total. The second-order valence-electron chi connectivity index (χ2n) is 5.17. The molecule has 0 spiro atoms. The number of benzene rings is 1. The van der Waals surface area contributed by atoms with Gasteiger partial charge in [-0.2, -0.15) is 5.10 Å². The van der Waals surface area contributed by atoms with Crippen LogP contribution < -0.4 is 5.73 Å². The molecule has 2 aromatic rings. The van der Waals surface area contributed by atoms with Crippen LogP contribution in [-0.4, -0.2) is 57.9 Å². The molecule has 1 aliphatic rings. The molecule has 1 amide bonds. The number of morpholine rings is 1. The number of nitrogens with one attached hydrogen (secondary N) is 1. The van der Waals surface area contributed by atoms with E-state index in [1.54, 1.807) is 0 Å². The molecule has 1 saturated heterocycles. The first-order valence-corrected chi connectivity index (χ1v) is 7.11. The summed E-state index contributed by atoms with van der Waals surface area (Å²) in [4.78, 5) is 25.2. The molecule has 1 unspecified atom stereocenters. The maximum absolute atomic E-state index is 12.7. The molecule has 4 N–H and O–H groups in total. The van der Waals surface area contributed by atoms with Crippen molar-refractivity contribution in [2.75, 3.05) is 25.4 Å². The topological polar surface area (TPSA) is 122 Å². The third-order valence-corrected chi connectivity index (χ3v) is 3.70. The van der Waals surface area contributed by atoms with E-state index < -0.39 is 12.1 Å². The molecular formula is C15H16N4O4. The van der Waals surface area contributed by atoms with Gasteiger partial charge in [-0.15, -0.1) is 0 Å². The fourth-order valence-corrected chi connectivity index (χ4v) is 2.55. The predicted molar refractivity (Wildman–Crippen MR) is 81.7 cm³/mol. The fourth-order valence-electron chi connectivity index (χ4n) is 2.55. The number of carboxylic acid groups (broad SMARTS) is 1. The highest BCUT2D eigenvalue weighted by Gasteiger charge is 2.31. The van der Waals surface area contributed by atoms with E-state index in [2.05, 4.69) is 10.2 Å². The van der Waals surface area contributed by atoms with Crippen LogP contribution in [0.25, 0.3) is 11.1 Å². The highest BCUT2D eigenvalue weighted by molar-refractivity contribution is 6.01. The fraction of sp³-hybridized carbons (Fsp3) is 0.267. The third kappa shape index (κ3) is 2.88. The molecule has 0 radical (unpaired) electrons. The Morgan fingerprint density at radius 2 is 2.09 bits per heavy atom. The number of hydrogen-bond acceptors (Lipinski definition) is 5. The van der Waals surface area contributed by atoms with Crippen LogP contribution in [0, 0.1) is 0 Å². The van der Waals surface area contributed by atoms with Gasteiger partial charge < -0.3 is 20.5 Å². The van der Waals surface area contributed by atoms with Gasteiger partial charge >= 0.3 is 5.97 Å². The van der Waals surface area contributed by atoms with E-state index in [9.17, 15) is 9.59 Å². The first-order chi connectivity index (χ1) is 11.1. The second-order valence-corrected chi connectivity index (χ2v) is 5.17. The number of nitrogens with two attached hydrogens (primary N) is 1. The van der Waals surface area contributed by atoms with Gasteiger partial charge in [-0.1, -0.05) is 30.3 Å². The summed E-state index contributed by atoms with van der Waals surface area (Å²) in [6.07, 6.45) is -1.02. The number of carbonyl (C=O) groups is 2. The minimum Gasteiger partial charge on any atom is -0.479 e. The lowest BCUT2D eigenvalue weighted by Crippen LogP contribution is -2.48. The van der Waals surface area contributed by atoms with Crippen molar-refractivity contribution in [3.63, 3.8) is 0 Å². The predicted octanol–water partition coefficient (Wildman–Crippen LogP) is 0.585. The maximum Gasteiger partial charge on any atom is 0.334 e. The minimum absolute atomic E-state index is 0.0126. The largest absolute Gasteiger partial charge is 0.479 e. The number of carboxylic acids is 1. The lowest BCUT2D eigenvalue weighted by molar-refractivity contribution is -0.154. The quantitative estimate of drug-likeness (QED) is 0.761. The van der Waals surface area contributed by atoms with Gasteiger partial charge in [0.25, 0.3) is 5.91 Å². The molecule has 1 aromatic carbocycles. The van der Waals surface area contributed by atoms with Gasteiger partial charge in [0.05, 0.1) is 18.7 Å². The van der Waals surface area contributed by atoms with Crippen molar-refractivity contribution < 1.29 is 19.4 Å². The van der Waals surface area contributed by atoms with Crippen LogP contribution in [0.4, 0.5) is 5.82 Å². The number of hydrogen-bond donors (Lipinski definition) is 3. The molecule has 1 aromatic heterocycles. The van der Waals surface area contributed by atoms with E-state index in [1.165, 1.54) is 4.90 Å². The number of H-pyrrole nitrogens is 1. The summed E-state index contributed by atoms with van der Waals surface area (Å²) in [6, 6.07) is 9.20. The molecule has 120 valence electrons. The summed E-state index contributed by atoms with van der Waals surface area (Å²) in [5.41, 5.74) is 7.42. The summed E-state index contributed by atoms with van der Waals surface area (Å²) in [7, 11) is 0. The van der Waals surface area contributed by atoms with Crippen molar-refractivity contribution in [1.29, 1.82) is 0 Å². The lowest BCUT2D eigenvalue weighted by Gasteiger charge is -2.30.